The van der Waals surface area contributed by atoms with Gasteiger partial charge in [-0.1, -0.05) is 6.92 Å². The molecule has 6 nitrogen and oxygen atoms in total. The lowest BCUT2D eigenvalue weighted by Crippen LogP contribution is -2.50. The Morgan fingerprint density at radius 2 is 2.31 bits per heavy atom. The number of amides is 2. The molecule has 0 aliphatic carbocycles. The van der Waals surface area contributed by atoms with Gasteiger partial charge in [-0.05, 0) is 19.3 Å². The molecule has 1 rings (SSSR count). The van der Waals surface area contributed by atoms with Crippen LogP contribution in [-0.2, 0) is 9.53 Å². The number of carbonyl (C=O) groups excluding carboxylic acids is 1. The highest BCUT2D eigenvalue weighted by atomic mass is 16.5. The lowest BCUT2D eigenvalue weighted by atomic mass is 10.1. The molecule has 1 aliphatic rings. The largest absolute Gasteiger partial charge is 0.480 e. The molecule has 0 bridgehead atoms. The van der Waals surface area contributed by atoms with Crippen LogP contribution in [0.4, 0.5) is 4.79 Å². The molecule has 0 spiro atoms. The van der Waals surface area contributed by atoms with Gasteiger partial charge in [-0.3, -0.25) is 0 Å². The van der Waals surface area contributed by atoms with E-state index in [4.69, 9.17) is 9.84 Å². The number of rotatable bonds is 4. The molecule has 0 aromatic carbocycles. The van der Waals surface area contributed by atoms with Gasteiger partial charge in [0.2, 0.25) is 0 Å². The lowest BCUT2D eigenvalue weighted by Gasteiger charge is -2.24. The molecule has 1 fully saturated rings. The first-order valence-corrected chi connectivity index (χ1v) is 5.51. The summed E-state index contributed by atoms with van der Waals surface area (Å²) in [5.74, 6) is -1.02. The summed E-state index contributed by atoms with van der Waals surface area (Å²) in [6.07, 6.45) is 2.16. The number of urea groups is 1. The molecule has 3 N–H and O–H groups in total. The zero-order valence-electron chi connectivity index (χ0n) is 9.36. The summed E-state index contributed by atoms with van der Waals surface area (Å²) >= 11 is 0. The molecule has 0 aromatic rings. The van der Waals surface area contributed by atoms with Crippen molar-refractivity contribution in [2.24, 2.45) is 0 Å². The van der Waals surface area contributed by atoms with Crippen LogP contribution in [0.5, 0.6) is 0 Å². The minimum absolute atomic E-state index is 0.0138. The minimum Gasteiger partial charge on any atom is -0.480 e. The Morgan fingerprint density at radius 3 is 2.81 bits per heavy atom. The van der Waals surface area contributed by atoms with Crippen molar-refractivity contribution in [3.8, 4) is 0 Å². The fourth-order valence-electron chi connectivity index (χ4n) is 1.58. The lowest BCUT2D eigenvalue weighted by molar-refractivity contribution is -0.139. The van der Waals surface area contributed by atoms with Crippen LogP contribution in [0.15, 0.2) is 0 Å². The van der Waals surface area contributed by atoms with E-state index in [1.807, 2.05) is 0 Å². The smallest absolute Gasteiger partial charge is 0.326 e. The Balaban J connectivity index is 2.31. The summed E-state index contributed by atoms with van der Waals surface area (Å²) < 4.78 is 5.20. The highest BCUT2D eigenvalue weighted by Gasteiger charge is 2.20. The maximum atomic E-state index is 11.4. The molecule has 6 heteroatoms. The molecule has 2 amide bonds. The van der Waals surface area contributed by atoms with Crippen LogP contribution in [0, 0.1) is 0 Å². The van der Waals surface area contributed by atoms with Gasteiger partial charge in [0.1, 0.15) is 6.04 Å². The molecule has 1 aliphatic heterocycles. The number of aliphatic carboxylic acids is 1. The Morgan fingerprint density at radius 1 is 1.56 bits per heavy atom. The minimum atomic E-state index is -1.02. The van der Waals surface area contributed by atoms with Crippen LogP contribution in [0.2, 0.25) is 0 Å². The molecule has 2 atom stereocenters. The maximum absolute atomic E-state index is 11.4. The van der Waals surface area contributed by atoms with Crippen molar-refractivity contribution in [2.45, 2.75) is 38.3 Å². The van der Waals surface area contributed by atoms with Gasteiger partial charge >= 0.3 is 12.0 Å². The fourth-order valence-corrected chi connectivity index (χ4v) is 1.58. The van der Waals surface area contributed by atoms with Crippen LogP contribution < -0.4 is 10.6 Å². The molecule has 16 heavy (non-hydrogen) atoms. The second kappa shape index (κ2) is 6.32. The summed E-state index contributed by atoms with van der Waals surface area (Å²) in [5, 5.41) is 13.9. The summed E-state index contributed by atoms with van der Waals surface area (Å²) in [6, 6.07) is -1.28. The predicted octanol–water partition coefficient (Wildman–Crippen LogP) is 0.328. The molecule has 1 heterocycles. The van der Waals surface area contributed by atoms with E-state index in [2.05, 4.69) is 10.6 Å². The number of carboxylic acids is 1. The number of nitrogens with one attached hydrogen (secondary N) is 2. The van der Waals surface area contributed by atoms with Gasteiger partial charge in [0.15, 0.2) is 0 Å². The van der Waals surface area contributed by atoms with Crippen molar-refractivity contribution < 1.29 is 19.4 Å². The molecule has 2 unspecified atom stereocenters. The van der Waals surface area contributed by atoms with E-state index >= 15 is 0 Å². The van der Waals surface area contributed by atoms with Crippen LogP contribution in [0.3, 0.4) is 0 Å². The van der Waals surface area contributed by atoms with Crippen molar-refractivity contribution in [3.05, 3.63) is 0 Å². The van der Waals surface area contributed by atoms with Gasteiger partial charge < -0.3 is 20.5 Å². The van der Waals surface area contributed by atoms with Gasteiger partial charge in [0, 0.05) is 6.61 Å². The van der Waals surface area contributed by atoms with Crippen molar-refractivity contribution in [2.75, 3.05) is 13.2 Å². The van der Waals surface area contributed by atoms with Crippen LogP contribution in [0.25, 0.3) is 0 Å². The Bertz CT molecular complexity index is 251. The Hall–Kier alpha value is -1.30. The molecule has 92 valence electrons. The Labute approximate surface area is 94.3 Å². The number of carbonyl (C=O) groups is 2. The van der Waals surface area contributed by atoms with Gasteiger partial charge in [0.05, 0.1) is 12.6 Å². The van der Waals surface area contributed by atoms with E-state index in [1.54, 1.807) is 6.92 Å². The standard InChI is InChI=1S/C10H18N2O4/c1-2-8(9(13)14)12-10(15)11-7-4-3-5-16-6-7/h7-8H,2-6H2,1H3,(H,13,14)(H2,11,12,15). The zero-order valence-corrected chi connectivity index (χ0v) is 9.36. The van der Waals surface area contributed by atoms with E-state index in [-0.39, 0.29) is 6.04 Å². The molecule has 0 radical (unpaired) electrons. The molecule has 0 saturated carbocycles. The van der Waals surface area contributed by atoms with Gasteiger partial charge in [-0.15, -0.1) is 0 Å². The average Bonchev–Trinajstić information content (AvgIpc) is 2.27. The summed E-state index contributed by atoms with van der Waals surface area (Å²) in [5.41, 5.74) is 0. The highest BCUT2D eigenvalue weighted by Crippen LogP contribution is 2.05. The third-order valence-corrected chi connectivity index (χ3v) is 2.51. The van der Waals surface area contributed by atoms with Crippen molar-refractivity contribution in [1.29, 1.82) is 0 Å². The third-order valence-electron chi connectivity index (χ3n) is 2.51. The molecule has 1 saturated heterocycles. The fraction of sp³-hybridized carbons (Fsp3) is 0.800. The zero-order chi connectivity index (χ0) is 12.0. The molecular formula is C10H18N2O4. The van der Waals surface area contributed by atoms with Crippen molar-refractivity contribution in [1.82, 2.24) is 10.6 Å². The summed E-state index contributed by atoms with van der Waals surface area (Å²) in [4.78, 5) is 22.1. The van der Waals surface area contributed by atoms with Crippen molar-refractivity contribution in [3.63, 3.8) is 0 Å². The summed E-state index contributed by atoms with van der Waals surface area (Å²) in [6.45, 7) is 2.94. The molecular weight excluding hydrogens is 212 g/mol. The van der Waals surface area contributed by atoms with Crippen molar-refractivity contribution >= 4 is 12.0 Å². The number of hydrogen-bond acceptors (Lipinski definition) is 3. The summed E-state index contributed by atoms with van der Waals surface area (Å²) in [7, 11) is 0. The quantitative estimate of drug-likeness (QED) is 0.649. The average molecular weight is 230 g/mol. The topological polar surface area (TPSA) is 87.7 Å². The Kier molecular flexibility index (Phi) is 5.04. The van der Waals surface area contributed by atoms with E-state index in [0.717, 1.165) is 19.4 Å². The van der Waals surface area contributed by atoms with E-state index < -0.39 is 18.0 Å². The number of hydrogen-bond donors (Lipinski definition) is 3. The third kappa shape index (κ3) is 4.06. The first-order valence-electron chi connectivity index (χ1n) is 5.51. The second-order valence-electron chi connectivity index (χ2n) is 3.83. The predicted molar refractivity (Wildman–Crippen MR) is 57.2 cm³/mol. The van der Waals surface area contributed by atoms with Crippen LogP contribution in [0.1, 0.15) is 26.2 Å². The monoisotopic (exact) mass is 230 g/mol. The SMILES string of the molecule is CCC(NC(=O)NC1CCCOC1)C(=O)O. The van der Waals surface area contributed by atoms with Gasteiger partial charge in [-0.2, -0.15) is 0 Å². The number of carboxylic acid groups (broad SMARTS) is 1. The van der Waals surface area contributed by atoms with E-state index in [0.29, 0.717) is 13.0 Å². The number of ether oxygens (including phenoxy) is 1. The second-order valence-corrected chi connectivity index (χ2v) is 3.83. The van der Waals surface area contributed by atoms with E-state index in [9.17, 15) is 9.59 Å². The first-order chi connectivity index (χ1) is 7.63. The molecule has 0 aromatic heterocycles. The first kappa shape index (κ1) is 12.8. The van der Waals surface area contributed by atoms with E-state index in [1.165, 1.54) is 0 Å². The highest BCUT2D eigenvalue weighted by molar-refractivity contribution is 5.82. The normalized spacial score (nSPS) is 22.2. The van der Waals surface area contributed by atoms with Gasteiger partial charge in [-0.25, -0.2) is 9.59 Å². The van der Waals surface area contributed by atoms with Crippen LogP contribution in [-0.4, -0.2) is 42.4 Å². The van der Waals surface area contributed by atoms with Crippen LogP contribution >= 0.6 is 0 Å². The maximum Gasteiger partial charge on any atom is 0.326 e. The van der Waals surface area contributed by atoms with Gasteiger partial charge in [0.25, 0.3) is 0 Å².